The number of benzene rings is 1. The number of hydrogen-bond donors (Lipinski definition) is 1. The van der Waals surface area contributed by atoms with E-state index in [0.29, 0.717) is 24.3 Å². The van der Waals surface area contributed by atoms with Crippen LogP contribution in [-0.2, 0) is 26.6 Å². The average Bonchev–Trinajstić information content (AvgIpc) is 3.30. The third-order valence-electron chi connectivity index (χ3n) is 6.40. The molecule has 204 valence electrons. The molecule has 0 saturated heterocycles. The average molecular weight is 536 g/mol. The lowest BCUT2D eigenvalue weighted by molar-refractivity contribution is -0.116. The summed E-state index contributed by atoms with van der Waals surface area (Å²) in [6, 6.07) is 4.30. The molecule has 0 spiro atoms. The monoisotopic (exact) mass is 535 g/mol. The van der Waals surface area contributed by atoms with Crippen LogP contribution in [0.1, 0.15) is 44.0 Å². The molecule has 11 nitrogen and oxygen atoms in total. The largest absolute Gasteiger partial charge is 0.491 e. The molecule has 2 heterocycles. The van der Waals surface area contributed by atoms with E-state index >= 15 is 0 Å². The minimum absolute atomic E-state index is 0.00195. The molecule has 1 aliphatic heterocycles. The van der Waals surface area contributed by atoms with Gasteiger partial charge in [0.15, 0.2) is 5.03 Å². The first kappa shape index (κ1) is 28.6. The summed E-state index contributed by atoms with van der Waals surface area (Å²) in [6.07, 6.45) is 3.55. The van der Waals surface area contributed by atoms with E-state index in [4.69, 9.17) is 9.47 Å². The van der Waals surface area contributed by atoms with Crippen LogP contribution in [0.15, 0.2) is 35.7 Å². The highest BCUT2D eigenvalue weighted by Gasteiger charge is 2.35. The van der Waals surface area contributed by atoms with Crippen LogP contribution < -0.4 is 10.1 Å². The maximum atomic E-state index is 13.6. The van der Waals surface area contributed by atoms with Crippen LogP contribution in [0, 0.1) is 5.92 Å². The topological polar surface area (TPSA) is 123 Å². The van der Waals surface area contributed by atoms with E-state index in [2.05, 4.69) is 10.3 Å². The zero-order valence-corrected chi connectivity index (χ0v) is 23.1. The SMILES string of the molecule is CCCC(=O)Nc1ccc2c(c1)C(=O)N(C)C[C@H](OC)[C@@H](C)CN(S(=O)(=O)c1cn(C)cn1)[C@@H](C)CO2. The number of carbonyl (C=O) groups excluding carboxylic acids is 2. The number of hydrogen-bond acceptors (Lipinski definition) is 7. The number of rotatable bonds is 6. The van der Waals surface area contributed by atoms with E-state index in [1.54, 1.807) is 50.9 Å². The minimum atomic E-state index is -3.93. The van der Waals surface area contributed by atoms with Gasteiger partial charge in [-0.2, -0.15) is 4.31 Å². The van der Waals surface area contributed by atoms with Crippen molar-refractivity contribution in [3.8, 4) is 5.75 Å². The van der Waals surface area contributed by atoms with Gasteiger partial charge in [0.25, 0.3) is 15.9 Å². The second kappa shape index (κ2) is 12.1. The summed E-state index contributed by atoms with van der Waals surface area (Å²) in [4.78, 5) is 31.1. The van der Waals surface area contributed by atoms with Gasteiger partial charge in [0.05, 0.1) is 24.0 Å². The fourth-order valence-electron chi connectivity index (χ4n) is 4.25. The number of imidazole rings is 1. The summed E-state index contributed by atoms with van der Waals surface area (Å²) in [5.74, 6) is -0.383. The second-order valence-electron chi connectivity index (χ2n) is 9.56. The van der Waals surface area contributed by atoms with Crippen molar-refractivity contribution in [2.45, 2.75) is 50.8 Å². The number of aryl methyl sites for hydroxylation is 1. The first-order valence-electron chi connectivity index (χ1n) is 12.3. The number of methoxy groups -OCH3 is 1. The van der Waals surface area contributed by atoms with Crippen molar-refractivity contribution < 1.29 is 27.5 Å². The van der Waals surface area contributed by atoms with Gasteiger partial charge in [-0.1, -0.05) is 13.8 Å². The van der Waals surface area contributed by atoms with Crippen LogP contribution in [-0.4, -0.2) is 85.0 Å². The Labute approximate surface area is 218 Å². The Morgan fingerprint density at radius 3 is 2.59 bits per heavy atom. The molecule has 37 heavy (non-hydrogen) atoms. The van der Waals surface area contributed by atoms with E-state index in [1.807, 2.05) is 13.8 Å². The van der Waals surface area contributed by atoms with Crippen LogP contribution in [0.5, 0.6) is 5.75 Å². The fraction of sp³-hybridized carbons (Fsp3) is 0.560. The number of amides is 2. The lowest BCUT2D eigenvalue weighted by atomic mass is 10.0. The summed E-state index contributed by atoms with van der Waals surface area (Å²) < 4.78 is 41.9. The Morgan fingerprint density at radius 2 is 1.97 bits per heavy atom. The zero-order valence-electron chi connectivity index (χ0n) is 22.3. The number of nitrogens with zero attached hydrogens (tertiary/aromatic N) is 4. The number of likely N-dealkylation sites (N-methyl/N-ethyl adjacent to an activating group) is 1. The summed E-state index contributed by atoms with van der Waals surface area (Å²) in [6.45, 7) is 5.95. The van der Waals surface area contributed by atoms with Gasteiger partial charge in [0.1, 0.15) is 12.4 Å². The quantitative estimate of drug-likeness (QED) is 0.602. The van der Waals surface area contributed by atoms with Crippen molar-refractivity contribution in [3.63, 3.8) is 0 Å². The van der Waals surface area contributed by atoms with Crippen LogP contribution in [0.25, 0.3) is 0 Å². The molecule has 1 aliphatic rings. The summed E-state index contributed by atoms with van der Waals surface area (Å²) in [5, 5.41) is 2.77. The molecule has 0 fully saturated rings. The van der Waals surface area contributed by atoms with Crippen LogP contribution in [0.2, 0.25) is 0 Å². The van der Waals surface area contributed by atoms with Crippen molar-refractivity contribution in [3.05, 3.63) is 36.3 Å². The number of anilines is 1. The van der Waals surface area contributed by atoms with Crippen molar-refractivity contribution in [1.29, 1.82) is 0 Å². The highest BCUT2D eigenvalue weighted by molar-refractivity contribution is 7.89. The van der Waals surface area contributed by atoms with E-state index in [1.165, 1.54) is 21.7 Å². The van der Waals surface area contributed by atoms with Crippen molar-refractivity contribution in [2.75, 3.05) is 39.2 Å². The van der Waals surface area contributed by atoms with Crippen molar-refractivity contribution >= 4 is 27.5 Å². The second-order valence-corrected chi connectivity index (χ2v) is 11.4. The Balaban J connectivity index is 2.01. The number of carbonyl (C=O) groups is 2. The number of aromatic nitrogens is 2. The Bertz CT molecular complexity index is 1210. The molecule has 1 aromatic heterocycles. The highest BCUT2D eigenvalue weighted by Crippen LogP contribution is 2.28. The lowest BCUT2D eigenvalue weighted by Crippen LogP contribution is -2.48. The predicted molar refractivity (Wildman–Crippen MR) is 139 cm³/mol. The summed E-state index contributed by atoms with van der Waals surface area (Å²) >= 11 is 0. The molecule has 2 aromatic rings. The molecular formula is C25H37N5O6S. The van der Waals surface area contributed by atoms with Crippen LogP contribution in [0.3, 0.4) is 0 Å². The number of nitrogens with one attached hydrogen (secondary N) is 1. The van der Waals surface area contributed by atoms with Gasteiger partial charge < -0.3 is 24.3 Å². The molecule has 12 heteroatoms. The van der Waals surface area contributed by atoms with E-state index < -0.39 is 22.2 Å². The number of fused-ring (bicyclic) bond motifs is 1. The normalized spacial score (nSPS) is 21.9. The van der Waals surface area contributed by atoms with Crippen LogP contribution >= 0.6 is 0 Å². The van der Waals surface area contributed by atoms with Gasteiger partial charge in [0.2, 0.25) is 5.91 Å². The number of sulfonamides is 1. The zero-order chi connectivity index (χ0) is 27.3. The molecule has 0 saturated carbocycles. The first-order valence-corrected chi connectivity index (χ1v) is 13.8. The van der Waals surface area contributed by atoms with Gasteiger partial charge in [-0.3, -0.25) is 9.59 Å². The maximum Gasteiger partial charge on any atom is 0.262 e. The molecule has 1 aromatic carbocycles. The van der Waals surface area contributed by atoms with Crippen molar-refractivity contribution in [2.24, 2.45) is 13.0 Å². The third-order valence-corrected chi connectivity index (χ3v) is 8.27. The van der Waals surface area contributed by atoms with E-state index in [9.17, 15) is 18.0 Å². The summed E-state index contributed by atoms with van der Waals surface area (Å²) in [5.41, 5.74) is 0.755. The predicted octanol–water partition coefficient (Wildman–Crippen LogP) is 2.35. The maximum absolute atomic E-state index is 13.6. The molecule has 0 radical (unpaired) electrons. The number of ether oxygens (including phenoxy) is 2. The van der Waals surface area contributed by atoms with Gasteiger partial charge in [-0.05, 0) is 37.5 Å². The third kappa shape index (κ3) is 6.68. The van der Waals surface area contributed by atoms with Gasteiger partial charge in [0, 0.05) is 52.6 Å². The van der Waals surface area contributed by atoms with Gasteiger partial charge in [-0.25, -0.2) is 13.4 Å². The lowest BCUT2D eigenvalue weighted by Gasteiger charge is -2.35. The van der Waals surface area contributed by atoms with Gasteiger partial charge >= 0.3 is 0 Å². The highest BCUT2D eigenvalue weighted by atomic mass is 32.2. The summed E-state index contributed by atoms with van der Waals surface area (Å²) in [7, 11) is 0.979. The molecule has 3 atom stereocenters. The fourth-order valence-corrected chi connectivity index (χ4v) is 5.93. The smallest absolute Gasteiger partial charge is 0.262 e. The minimum Gasteiger partial charge on any atom is -0.491 e. The van der Waals surface area contributed by atoms with Gasteiger partial charge in [-0.15, -0.1) is 0 Å². The molecule has 0 unspecified atom stereocenters. The Hall–Kier alpha value is -2.96. The molecule has 3 rings (SSSR count). The van der Waals surface area contributed by atoms with Crippen molar-refractivity contribution in [1.82, 2.24) is 18.8 Å². The molecule has 0 aliphatic carbocycles. The molecule has 0 bridgehead atoms. The van der Waals surface area contributed by atoms with E-state index in [0.717, 1.165) is 0 Å². The Kier molecular flexibility index (Phi) is 9.32. The Morgan fingerprint density at radius 1 is 1.24 bits per heavy atom. The first-order chi connectivity index (χ1) is 17.5. The molecule has 2 amide bonds. The van der Waals surface area contributed by atoms with Crippen LogP contribution in [0.4, 0.5) is 5.69 Å². The van der Waals surface area contributed by atoms with E-state index in [-0.39, 0.29) is 48.0 Å². The molecule has 1 N–H and O–H groups in total. The standard InChI is InChI=1S/C25H37N5O6S/c1-7-8-23(31)27-19-9-10-21-20(11-19)25(32)29(5)13-22(35-6)17(2)12-30(18(3)15-36-21)37(33,34)24-14-28(4)16-26-24/h9-11,14,16-18,22H,7-8,12-13,15H2,1-6H3,(H,27,31)/t17-,18-,22-/m0/s1. The molecular weight excluding hydrogens is 498 g/mol.